The van der Waals surface area contributed by atoms with E-state index in [1.165, 1.54) is 0 Å². The van der Waals surface area contributed by atoms with Crippen molar-refractivity contribution in [1.82, 2.24) is 0 Å². The Morgan fingerprint density at radius 3 is 2.24 bits per heavy atom. The molecule has 140 valence electrons. The maximum Gasteiger partial charge on any atom is 0.338 e. The Morgan fingerprint density at radius 2 is 1.76 bits per heavy atom. The highest BCUT2D eigenvalue weighted by molar-refractivity contribution is 5.92. The van der Waals surface area contributed by atoms with Crippen LogP contribution in [0.2, 0.25) is 0 Å². The fourth-order valence-corrected chi connectivity index (χ4v) is 2.71. The minimum absolute atomic E-state index is 0.0638. The van der Waals surface area contributed by atoms with Gasteiger partial charge in [-0.2, -0.15) is 0 Å². The van der Waals surface area contributed by atoms with E-state index in [0.717, 1.165) is 17.6 Å². The summed E-state index contributed by atoms with van der Waals surface area (Å²) in [5.41, 5.74) is 2.78. The molecule has 1 fully saturated rings. The average molecular weight is 350 g/mol. The van der Waals surface area contributed by atoms with E-state index in [1.54, 1.807) is 13.0 Å². The van der Waals surface area contributed by atoms with Crippen LogP contribution in [0.1, 0.15) is 53.9 Å². The topological polar surface area (TPSA) is 72.8 Å². The Labute approximate surface area is 150 Å². The van der Waals surface area contributed by atoms with Crippen LogP contribution in [0.3, 0.4) is 0 Å². The SMILES string of the molecule is C=C(C)C(=O)OCC1CCC(OC(=O)C(C=C(C)C)=C(C)C)C(O)C1. The van der Waals surface area contributed by atoms with Crippen molar-refractivity contribution in [3.05, 3.63) is 34.9 Å². The molecule has 1 N–H and O–H groups in total. The largest absolute Gasteiger partial charge is 0.462 e. The molecule has 3 atom stereocenters. The minimum Gasteiger partial charge on any atom is -0.462 e. The molecular weight excluding hydrogens is 320 g/mol. The van der Waals surface area contributed by atoms with Crippen molar-refractivity contribution >= 4 is 11.9 Å². The van der Waals surface area contributed by atoms with Crippen molar-refractivity contribution in [3.8, 4) is 0 Å². The number of hydrogen-bond acceptors (Lipinski definition) is 5. The Morgan fingerprint density at radius 1 is 1.12 bits per heavy atom. The van der Waals surface area contributed by atoms with Gasteiger partial charge in [0.2, 0.25) is 0 Å². The van der Waals surface area contributed by atoms with Gasteiger partial charge in [0, 0.05) is 5.57 Å². The third-order valence-electron chi connectivity index (χ3n) is 4.11. The number of ether oxygens (including phenoxy) is 2. The van der Waals surface area contributed by atoms with Gasteiger partial charge in [-0.25, -0.2) is 9.59 Å². The smallest absolute Gasteiger partial charge is 0.338 e. The van der Waals surface area contributed by atoms with E-state index in [0.29, 0.717) is 24.0 Å². The van der Waals surface area contributed by atoms with Crippen molar-refractivity contribution in [2.75, 3.05) is 6.61 Å². The monoisotopic (exact) mass is 350 g/mol. The van der Waals surface area contributed by atoms with Crippen LogP contribution >= 0.6 is 0 Å². The van der Waals surface area contributed by atoms with Crippen LogP contribution in [0.15, 0.2) is 34.9 Å². The quantitative estimate of drug-likeness (QED) is 0.451. The average Bonchev–Trinajstić information content (AvgIpc) is 2.51. The summed E-state index contributed by atoms with van der Waals surface area (Å²) in [6, 6.07) is 0. The molecule has 5 heteroatoms. The second-order valence-electron chi connectivity index (χ2n) is 7.20. The molecule has 0 aliphatic heterocycles. The minimum atomic E-state index is -0.753. The molecule has 0 spiro atoms. The van der Waals surface area contributed by atoms with Crippen molar-refractivity contribution in [2.45, 2.75) is 66.1 Å². The van der Waals surface area contributed by atoms with Gasteiger partial charge in [-0.1, -0.05) is 17.7 Å². The van der Waals surface area contributed by atoms with Gasteiger partial charge < -0.3 is 14.6 Å². The van der Waals surface area contributed by atoms with Crippen LogP contribution in [0.4, 0.5) is 0 Å². The summed E-state index contributed by atoms with van der Waals surface area (Å²) in [6.07, 6.45) is 2.23. The lowest BCUT2D eigenvalue weighted by molar-refractivity contribution is -0.155. The van der Waals surface area contributed by atoms with Crippen molar-refractivity contribution in [3.63, 3.8) is 0 Å². The summed E-state index contributed by atoms with van der Waals surface area (Å²) in [6.45, 7) is 12.9. The lowest BCUT2D eigenvalue weighted by Crippen LogP contribution is -2.39. The number of esters is 2. The Balaban J connectivity index is 2.59. The van der Waals surface area contributed by atoms with E-state index >= 15 is 0 Å². The van der Waals surface area contributed by atoms with Gasteiger partial charge in [0.1, 0.15) is 6.10 Å². The molecular formula is C20H30O5. The molecule has 25 heavy (non-hydrogen) atoms. The number of rotatable bonds is 6. The Bertz CT molecular complexity index is 577. The second kappa shape index (κ2) is 9.56. The number of hydrogen-bond donors (Lipinski definition) is 1. The summed E-state index contributed by atoms with van der Waals surface area (Å²) in [4.78, 5) is 23.8. The summed E-state index contributed by atoms with van der Waals surface area (Å²) >= 11 is 0. The normalized spacial score (nSPS) is 22.6. The van der Waals surface area contributed by atoms with Crippen LogP contribution in [0.25, 0.3) is 0 Å². The third kappa shape index (κ3) is 6.86. The molecule has 0 aromatic heterocycles. The van der Waals surface area contributed by atoms with Crippen molar-refractivity contribution in [1.29, 1.82) is 0 Å². The number of aliphatic hydroxyl groups excluding tert-OH is 1. The molecule has 5 nitrogen and oxygen atoms in total. The molecule has 0 aromatic carbocycles. The van der Waals surface area contributed by atoms with Crippen LogP contribution in [-0.4, -0.2) is 35.9 Å². The van der Waals surface area contributed by atoms with E-state index < -0.39 is 24.1 Å². The first-order valence-electron chi connectivity index (χ1n) is 8.65. The van der Waals surface area contributed by atoms with E-state index in [2.05, 4.69) is 6.58 Å². The van der Waals surface area contributed by atoms with Gasteiger partial charge in [-0.15, -0.1) is 0 Å². The van der Waals surface area contributed by atoms with Crippen LogP contribution < -0.4 is 0 Å². The lowest BCUT2D eigenvalue weighted by atomic mass is 9.85. The zero-order valence-corrected chi connectivity index (χ0v) is 15.9. The fraction of sp³-hybridized carbons (Fsp3) is 0.600. The highest BCUT2D eigenvalue weighted by atomic mass is 16.6. The summed E-state index contributed by atoms with van der Waals surface area (Å²) in [5, 5.41) is 10.3. The first-order valence-corrected chi connectivity index (χ1v) is 8.65. The predicted octanol–water partition coefficient (Wildman–Crippen LogP) is 3.48. The van der Waals surface area contributed by atoms with E-state index in [9.17, 15) is 14.7 Å². The first kappa shape index (κ1) is 21.2. The molecule has 0 aromatic rings. The number of aliphatic hydroxyl groups is 1. The van der Waals surface area contributed by atoms with Gasteiger partial charge >= 0.3 is 11.9 Å². The molecule has 1 saturated carbocycles. The number of carbonyl (C=O) groups excluding carboxylic acids is 2. The van der Waals surface area contributed by atoms with E-state index in [4.69, 9.17) is 9.47 Å². The molecule has 1 aliphatic carbocycles. The van der Waals surface area contributed by atoms with Crippen molar-refractivity contribution < 1.29 is 24.2 Å². The molecule has 0 bridgehead atoms. The summed E-state index contributed by atoms with van der Waals surface area (Å²) in [7, 11) is 0. The molecule has 1 aliphatic rings. The molecule has 0 heterocycles. The van der Waals surface area contributed by atoms with Crippen LogP contribution in [0, 0.1) is 5.92 Å². The molecule has 0 amide bonds. The van der Waals surface area contributed by atoms with Crippen LogP contribution in [-0.2, 0) is 19.1 Å². The van der Waals surface area contributed by atoms with Crippen molar-refractivity contribution in [2.24, 2.45) is 5.92 Å². The Kier molecular flexibility index (Phi) is 8.10. The molecule has 1 rings (SSSR count). The first-order chi connectivity index (χ1) is 11.6. The van der Waals surface area contributed by atoms with Crippen LogP contribution in [0.5, 0.6) is 0 Å². The fourth-order valence-electron chi connectivity index (χ4n) is 2.71. The third-order valence-corrected chi connectivity index (χ3v) is 4.11. The number of carbonyl (C=O) groups is 2. The maximum atomic E-state index is 12.4. The summed E-state index contributed by atoms with van der Waals surface area (Å²) < 4.78 is 10.7. The number of allylic oxidation sites excluding steroid dienone is 2. The lowest BCUT2D eigenvalue weighted by Gasteiger charge is -2.32. The van der Waals surface area contributed by atoms with E-state index in [1.807, 2.05) is 27.7 Å². The highest BCUT2D eigenvalue weighted by Gasteiger charge is 2.33. The molecule has 3 unspecified atom stereocenters. The molecule has 0 saturated heterocycles. The second-order valence-corrected chi connectivity index (χ2v) is 7.20. The Hall–Kier alpha value is -1.88. The predicted molar refractivity (Wildman–Crippen MR) is 96.8 cm³/mol. The van der Waals surface area contributed by atoms with E-state index in [-0.39, 0.29) is 12.5 Å². The standard InChI is InChI=1S/C20H30O5/c1-12(2)9-16(13(3)4)20(23)25-18-8-7-15(10-17(18)21)11-24-19(22)14(5)6/h9,15,17-18,21H,5,7-8,10-11H2,1-4,6H3. The summed E-state index contributed by atoms with van der Waals surface area (Å²) in [5.74, 6) is -0.760. The zero-order valence-electron chi connectivity index (χ0n) is 15.9. The highest BCUT2D eigenvalue weighted by Crippen LogP contribution is 2.28. The molecule has 0 radical (unpaired) electrons. The van der Waals surface area contributed by atoms with Gasteiger partial charge in [0.15, 0.2) is 0 Å². The van der Waals surface area contributed by atoms with Gasteiger partial charge in [-0.3, -0.25) is 0 Å². The van der Waals surface area contributed by atoms with Gasteiger partial charge in [0.25, 0.3) is 0 Å². The maximum absolute atomic E-state index is 12.4. The van der Waals surface area contributed by atoms with Gasteiger partial charge in [0.05, 0.1) is 18.3 Å². The zero-order chi connectivity index (χ0) is 19.1. The van der Waals surface area contributed by atoms with Gasteiger partial charge in [-0.05, 0) is 65.9 Å².